The minimum absolute atomic E-state index is 0.0556. The maximum Gasteiger partial charge on any atom is 0.437 e. The molecule has 0 aliphatic heterocycles. The van der Waals surface area contributed by atoms with Crippen LogP contribution in [0.1, 0.15) is 28.1 Å². The van der Waals surface area contributed by atoms with Crippen LogP contribution in [0.25, 0.3) is 0 Å². The monoisotopic (exact) mass is 612 g/mol. The third kappa shape index (κ3) is 6.19. The smallest absolute Gasteiger partial charge is 0.437 e. The number of nitrogens with zero attached hydrogens (tertiary/aromatic N) is 6. The number of rotatable bonds is 7. The standard InChI is InChI=1S/C26H16BrF3N6O4/c1-39-19-4-2-15(3-5-19)12-36-24(37)21(27)9-18(34-36)13-35-14-33-23(26(28,29)30)22(25(35)38)40-20-7-16(10-31)6-17(8-20)11-32/h2-9,14H,12-13H2,1H3. The zero-order chi connectivity index (χ0) is 29.0. The first-order valence-electron chi connectivity index (χ1n) is 11.2. The van der Waals surface area contributed by atoms with E-state index in [1.807, 2.05) is 0 Å². The van der Waals surface area contributed by atoms with Crippen molar-refractivity contribution in [3.63, 3.8) is 0 Å². The van der Waals surface area contributed by atoms with Crippen LogP contribution in [-0.2, 0) is 19.3 Å². The molecule has 10 nitrogen and oxygen atoms in total. The minimum Gasteiger partial charge on any atom is -0.497 e. The minimum atomic E-state index is -5.05. The summed E-state index contributed by atoms with van der Waals surface area (Å²) in [6.45, 7) is -0.288. The molecule has 0 amide bonds. The van der Waals surface area contributed by atoms with Gasteiger partial charge in [-0.3, -0.25) is 14.2 Å². The Balaban J connectivity index is 1.73. The molecule has 0 spiro atoms. The molecule has 2 aromatic heterocycles. The second-order valence-corrected chi connectivity index (χ2v) is 9.07. The molecule has 40 heavy (non-hydrogen) atoms. The van der Waals surface area contributed by atoms with Gasteiger partial charge < -0.3 is 9.47 Å². The Bertz CT molecular complexity index is 1760. The van der Waals surface area contributed by atoms with Gasteiger partial charge in [0, 0.05) is 0 Å². The summed E-state index contributed by atoms with van der Waals surface area (Å²) in [6, 6.07) is 15.2. The molecule has 0 unspecified atom stereocenters. The highest BCUT2D eigenvalue weighted by atomic mass is 79.9. The van der Waals surface area contributed by atoms with Crippen molar-refractivity contribution >= 4 is 15.9 Å². The average Bonchev–Trinajstić information content (AvgIpc) is 2.93. The number of halogens is 4. The van der Waals surface area contributed by atoms with Crippen LogP contribution in [0.2, 0.25) is 0 Å². The number of ether oxygens (including phenoxy) is 2. The van der Waals surface area contributed by atoms with E-state index in [2.05, 4.69) is 26.0 Å². The van der Waals surface area contributed by atoms with Crippen LogP contribution in [0.4, 0.5) is 13.2 Å². The predicted molar refractivity (Wildman–Crippen MR) is 137 cm³/mol. The second kappa shape index (κ2) is 11.4. The third-order valence-corrected chi connectivity index (χ3v) is 6.02. The Morgan fingerprint density at radius 1 is 0.950 bits per heavy atom. The molecule has 0 bridgehead atoms. The molecule has 0 atom stereocenters. The van der Waals surface area contributed by atoms with Gasteiger partial charge in [0.15, 0.2) is 5.69 Å². The number of hydrogen-bond acceptors (Lipinski definition) is 8. The van der Waals surface area contributed by atoms with E-state index in [0.29, 0.717) is 12.1 Å². The molecule has 0 fully saturated rings. The highest BCUT2D eigenvalue weighted by molar-refractivity contribution is 9.10. The highest BCUT2D eigenvalue weighted by Gasteiger charge is 2.39. The molecule has 0 aliphatic rings. The number of methoxy groups -OCH3 is 1. The summed E-state index contributed by atoms with van der Waals surface area (Å²) in [6.07, 6.45) is -4.36. The summed E-state index contributed by atoms with van der Waals surface area (Å²) in [5.74, 6) is -0.861. The van der Waals surface area contributed by atoms with Crippen LogP contribution < -0.4 is 20.6 Å². The molecule has 0 saturated heterocycles. The van der Waals surface area contributed by atoms with E-state index in [0.717, 1.165) is 26.9 Å². The Morgan fingerprint density at radius 2 is 1.60 bits per heavy atom. The van der Waals surface area contributed by atoms with Gasteiger partial charge in [-0.05, 0) is 57.9 Å². The molecule has 4 rings (SSSR count). The molecule has 0 radical (unpaired) electrons. The van der Waals surface area contributed by atoms with Gasteiger partial charge in [-0.15, -0.1) is 0 Å². The van der Waals surface area contributed by atoms with Crippen molar-refractivity contribution in [1.29, 1.82) is 10.5 Å². The van der Waals surface area contributed by atoms with Gasteiger partial charge in [0.25, 0.3) is 11.1 Å². The van der Waals surface area contributed by atoms with Crippen molar-refractivity contribution in [3.05, 3.63) is 108 Å². The first-order chi connectivity index (χ1) is 19.0. The zero-order valence-electron chi connectivity index (χ0n) is 20.4. The molecule has 0 aliphatic carbocycles. The van der Waals surface area contributed by atoms with Crippen molar-refractivity contribution in [2.75, 3.05) is 7.11 Å². The summed E-state index contributed by atoms with van der Waals surface area (Å²) in [4.78, 5) is 29.2. The molecular weight excluding hydrogens is 597 g/mol. The molecule has 202 valence electrons. The molecule has 2 heterocycles. The van der Waals surface area contributed by atoms with Gasteiger partial charge >= 0.3 is 6.18 Å². The molecular formula is C26H16BrF3N6O4. The number of benzene rings is 2. The number of nitriles is 2. The lowest BCUT2D eigenvalue weighted by Crippen LogP contribution is -2.29. The number of hydrogen-bond donors (Lipinski definition) is 0. The molecule has 14 heteroatoms. The summed E-state index contributed by atoms with van der Waals surface area (Å²) in [5, 5.41) is 22.6. The van der Waals surface area contributed by atoms with Crippen molar-refractivity contribution < 1.29 is 22.6 Å². The summed E-state index contributed by atoms with van der Waals surface area (Å²) < 4.78 is 53.7. The van der Waals surface area contributed by atoms with Crippen LogP contribution in [0.5, 0.6) is 17.2 Å². The predicted octanol–water partition coefficient (Wildman–Crippen LogP) is 4.22. The average molecular weight is 613 g/mol. The van der Waals surface area contributed by atoms with Gasteiger partial charge in [-0.25, -0.2) is 9.67 Å². The molecule has 2 aromatic carbocycles. The van der Waals surface area contributed by atoms with Crippen LogP contribution in [-0.4, -0.2) is 26.4 Å². The fraction of sp³-hybridized carbons (Fsp3) is 0.154. The quantitative estimate of drug-likeness (QED) is 0.302. The maximum atomic E-state index is 13.7. The topological polar surface area (TPSA) is 136 Å². The van der Waals surface area contributed by atoms with Gasteiger partial charge in [0.2, 0.25) is 5.75 Å². The number of aromatic nitrogens is 4. The SMILES string of the molecule is COc1ccc(Cn2nc(Cn3cnc(C(F)(F)F)c(Oc4cc(C#N)cc(C#N)c4)c3=O)cc(Br)c2=O)cc1. The Hall–Kier alpha value is -4.95. The van der Waals surface area contributed by atoms with E-state index in [9.17, 15) is 22.8 Å². The first kappa shape index (κ1) is 28.1. The lowest BCUT2D eigenvalue weighted by atomic mass is 10.1. The molecule has 0 N–H and O–H groups in total. The highest BCUT2D eigenvalue weighted by Crippen LogP contribution is 2.34. The lowest BCUT2D eigenvalue weighted by Gasteiger charge is -2.15. The van der Waals surface area contributed by atoms with Crippen molar-refractivity contribution in [2.45, 2.75) is 19.3 Å². The fourth-order valence-electron chi connectivity index (χ4n) is 3.61. The maximum absolute atomic E-state index is 13.7. The Kier molecular flexibility index (Phi) is 8.02. The van der Waals surface area contributed by atoms with Crippen LogP contribution in [0.15, 0.2) is 68.9 Å². The zero-order valence-corrected chi connectivity index (χ0v) is 22.0. The van der Waals surface area contributed by atoms with Crippen LogP contribution >= 0.6 is 15.9 Å². The largest absolute Gasteiger partial charge is 0.497 e. The van der Waals surface area contributed by atoms with Crippen molar-refractivity contribution in [3.8, 4) is 29.4 Å². The van der Waals surface area contributed by atoms with Crippen LogP contribution in [0.3, 0.4) is 0 Å². The molecule has 4 aromatic rings. The van der Waals surface area contributed by atoms with E-state index < -0.39 is 28.7 Å². The lowest BCUT2D eigenvalue weighted by molar-refractivity contribution is -0.142. The fourth-order valence-corrected chi connectivity index (χ4v) is 4.07. The van der Waals surface area contributed by atoms with Crippen molar-refractivity contribution in [1.82, 2.24) is 19.3 Å². The van der Waals surface area contributed by atoms with E-state index in [1.165, 1.54) is 19.2 Å². The van der Waals surface area contributed by atoms with Gasteiger partial charge in [-0.1, -0.05) is 12.1 Å². The summed E-state index contributed by atoms with van der Waals surface area (Å²) in [5.41, 5.74) is -2.48. The molecule has 0 saturated carbocycles. The van der Waals surface area contributed by atoms with E-state index in [4.69, 9.17) is 20.0 Å². The van der Waals surface area contributed by atoms with Crippen molar-refractivity contribution in [2.24, 2.45) is 0 Å². The third-order valence-electron chi connectivity index (χ3n) is 5.45. The summed E-state index contributed by atoms with van der Waals surface area (Å²) in [7, 11) is 1.52. The Labute approximate surface area is 232 Å². The van der Waals surface area contributed by atoms with Gasteiger partial charge in [0.1, 0.15) is 11.5 Å². The van der Waals surface area contributed by atoms with Gasteiger partial charge in [-0.2, -0.15) is 28.8 Å². The second-order valence-electron chi connectivity index (χ2n) is 8.22. The Morgan fingerprint density at radius 3 is 2.17 bits per heavy atom. The van der Waals surface area contributed by atoms with Gasteiger partial charge in [0.05, 0.1) is 60.0 Å². The number of alkyl halides is 3. The summed E-state index contributed by atoms with van der Waals surface area (Å²) >= 11 is 3.17. The van der Waals surface area contributed by atoms with E-state index in [-0.39, 0.29) is 40.1 Å². The van der Waals surface area contributed by atoms with Crippen LogP contribution in [0, 0.1) is 22.7 Å². The van der Waals surface area contributed by atoms with E-state index >= 15 is 0 Å². The normalized spacial score (nSPS) is 11.0. The first-order valence-corrected chi connectivity index (χ1v) is 12.0. The van der Waals surface area contributed by atoms with E-state index in [1.54, 1.807) is 36.4 Å².